The van der Waals surface area contributed by atoms with E-state index < -0.39 is 0 Å². The van der Waals surface area contributed by atoms with Crippen molar-refractivity contribution in [3.05, 3.63) is 46.8 Å². The van der Waals surface area contributed by atoms with Crippen molar-refractivity contribution in [1.82, 2.24) is 20.4 Å². The van der Waals surface area contributed by atoms with E-state index in [0.717, 1.165) is 49.9 Å². The lowest BCUT2D eigenvalue weighted by atomic mass is 10.1. The maximum Gasteiger partial charge on any atom is 0.272 e. The van der Waals surface area contributed by atoms with Gasteiger partial charge in [-0.15, -0.1) is 0 Å². The van der Waals surface area contributed by atoms with Crippen LogP contribution in [0.2, 0.25) is 0 Å². The highest BCUT2D eigenvalue weighted by Crippen LogP contribution is 2.28. The van der Waals surface area contributed by atoms with E-state index in [2.05, 4.69) is 46.9 Å². The summed E-state index contributed by atoms with van der Waals surface area (Å²) < 4.78 is 1.96. The van der Waals surface area contributed by atoms with E-state index in [-0.39, 0.29) is 5.91 Å². The number of nitrogens with zero attached hydrogens (tertiary/aromatic N) is 2. The monoisotopic (exact) mass is 326 g/mol. The predicted octanol–water partition coefficient (Wildman–Crippen LogP) is 2.26. The second kappa shape index (κ2) is 7.62. The summed E-state index contributed by atoms with van der Waals surface area (Å²) in [5, 5.41) is 10.7. The molecular weight excluding hydrogens is 300 g/mol. The Balaban J connectivity index is 1.83. The molecule has 0 atom stereocenters. The number of aryl methyl sites for hydroxylation is 1. The Morgan fingerprint density at radius 1 is 1.21 bits per heavy atom. The number of benzene rings is 1. The van der Waals surface area contributed by atoms with Gasteiger partial charge in [-0.25, -0.2) is 4.68 Å². The summed E-state index contributed by atoms with van der Waals surface area (Å²) in [6.45, 7) is 3.72. The highest BCUT2D eigenvalue weighted by Gasteiger charge is 2.26. The van der Waals surface area contributed by atoms with E-state index in [1.807, 2.05) is 11.7 Å². The van der Waals surface area contributed by atoms with Gasteiger partial charge in [-0.05, 0) is 63.4 Å². The number of carbonyl (C=O) groups is 1. The molecule has 0 radical (unpaired) electrons. The quantitative estimate of drug-likeness (QED) is 0.767. The van der Waals surface area contributed by atoms with E-state index in [0.29, 0.717) is 12.2 Å². The maximum atomic E-state index is 12.5. The molecule has 2 aromatic rings. The predicted molar refractivity (Wildman–Crippen MR) is 95.8 cm³/mol. The van der Waals surface area contributed by atoms with Crippen molar-refractivity contribution < 1.29 is 4.79 Å². The van der Waals surface area contributed by atoms with E-state index in [4.69, 9.17) is 0 Å². The van der Waals surface area contributed by atoms with Gasteiger partial charge in [0.1, 0.15) is 0 Å². The molecule has 24 heavy (non-hydrogen) atoms. The van der Waals surface area contributed by atoms with Gasteiger partial charge < -0.3 is 10.6 Å². The van der Waals surface area contributed by atoms with Crippen molar-refractivity contribution in [3.63, 3.8) is 0 Å². The molecule has 0 saturated heterocycles. The number of rotatable bonds is 7. The molecule has 0 fully saturated rings. The molecule has 1 amide bonds. The molecule has 128 valence electrons. The zero-order valence-electron chi connectivity index (χ0n) is 14.6. The summed E-state index contributed by atoms with van der Waals surface area (Å²) in [6.07, 6.45) is 4.98. The Morgan fingerprint density at radius 2 is 2.00 bits per heavy atom. The molecule has 1 aliphatic carbocycles. The average molecular weight is 326 g/mol. The zero-order chi connectivity index (χ0) is 16.9. The molecule has 5 nitrogen and oxygen atoms in total. The average Bonchev–Trinajstić information content (AvgIpc) is 3.21. The van der Waals surface area contributed by atoms with Crippen LogP contribution in [0, 0.1) is 0 Å². The van der Waals surface area contributed by atoms with E-state index >= 15 is 0 Å². The third-order valence-electron chi connectivity index (χ3n) is 4.62. The first kappa shape index (κ1) is 16.7. The van der Waals surface area contributed by atoms with E-state index in [1.165, 1.54) is 11.3 Å². The van der Waals surface area contributed by atoms with Crippen molar-refractivity contribution in [1.29, 1.82) is 0 Å². The summed E-state index contributed by atoms with van der Waals surface area (Å²) in [7, 11) is 1.92. The molecule has 0 aliphatic heterocycles. The standard InChI is InChI=1S/C19H26N4O/c1-3-14-8-10-15(11-9-14)23-17-7-4-6-16(17)18(22-23)19(24)21-13-5-12-20-2/h8-11,20H,3-7,12-13H2,1-2H3,(H,21,24). The molecule has 2 N–H and O–H groups in total. The number of aromatic nitrogens is 2. The fraction of sp³-hybridized carbons (Fsp3) is 0.474. The van der Waals surface area contributed by atoms with Crippen molar-refractivity contribution in [2.45, 2.75) is 39.0 Å². The highest BCUT2D eigenvalue weighted by atomic mass is 16.1. The first-order valence-electron chi connectivity index (χ1n) is 8.87. The molecule has 0 unspecified atom stereocenters. The van der Waals surface area contributed by atoms with Crippen LogP contribution >= 0.6 is 0 Å². The molecule has 0 bridgehead atoms. The summed E-state index contributed by atoms with van der Waals surface area (Å²) in [6, 6.07) is 8.46. The molecule has 0 spiro atoms. The van der Waals surface area contributed by atoms with Crippen LogP contribution in [0.3, 0.4) is 0 Å². The van der Waals surface area contributed by atoms with E-state index in [9.17, 15) is 4.79 Å². The van der Waals surface area contributed by atoms with Gasteiger partial charge in [0.2, 0.25) is 0 Å². The smallest absolute Gasteiger partial charge is 0.272 e. The molecule has 1 heterocycles. The lowest BCUT2D eigenvalue weighted by Crippen LogP contribution is -2.27. The number of fused-ring (bicyclic) bond motifs is 1. The summed E-state index contributed by atoms with van der Waals surface area (Å²) in [5.74, 6) is -0.0480. The lowest BCUT2D eigenvalue weighted by molar-refractivity contribution is 0.0947. The number of amides is 1. The zero-order valence-corrected chi connectivity index (χ0v) is 14.6. The largest absolute Gasteiger partial charge is 0.351 e. The minimum absolute atomic E-state index is 0.0480. The Morgan fingerprint density at radius 3 is 2.71 bits per heavy atom. The third-order valence-corrected chi connectivity index (χ3v) is 4.62. The van der Waals surface area contributed by atoms with Crippen LogP contribution < -0.4 is 10.6 Å². The van der Waals surface area contributed by atoms with Crippen LogP contribution in [-0.2, 0) is 19.3 Å². The van der Waals surface area contributed by atoms with Crippen molar-refractivity contribution in [2.75, 3.05) is 20.1 Å². The van der Waals surface area contributed by atoms with Crippen LogP contribution in [0.25, 0.3) is 5.69 Å². The van der Waals surface area contributed by atoms with Crippen LogP contribution in [-0.4, -0.2) is 35.8 Å². The van der Waals surface area contributed by atoms with Gasteiger partial charge in [0, 0.05) is 17.8 Å². The lowest BCUT2D eigenvalue weighted by Gasteiger charge is -2.06. The van der Waals surface area contributed by atoms with Gasteiger partial charge in [0.05, 0.1) is 5.69 Å². The highest BCUT2D eigenvalue weighted by molar-refractivity contribution is 5.94. The Hall–Kier alpha value is -2.14. The van der Waals surface area contributed by atoms with E-state index in [1.54, 1.807) is 0 Å². The van der Waals surface area contributed by atoms with Gasteiger partial charge in [-0.1, -0.05) is 19.1 Å². The fourth-order valence-corrected chi connectivity index (χ4v) is 3.26. The maximum absolute atomic E-state index is 12.5. The van der Waals surface area contributed by atoms with Gasteiger partial charge in [-0.3, -0.25) is 4.79 Å². The topological polar surface area (TPSA) is 59.0 Å². The second-order valence-corrected chi connectivity index (χ2v) is 6.27. The minimum Gasteiger partial charge on any atom is -0.351 e. The van der Waals surface area contributed by atoms with Gasteiger partial charge >= 0.3 is 0 Å². The molecule has 5 heteroatoms. The van der Waals surface area contributed by atoms with Crippen LogP contribution in [0.1, 0.15) is 47.1 Å². The van der Waals surface area contributed by atoms with Crippen molar-refractivity contribution in [3.8, 4) is 5.69 Å². The van der Waals surface area contributed by atoms with Crippen LogP contribution in [0.5, 0.6) is 0 Å². The van der Waals surface area contributed by atoms with Crippen LogP contribution in [0.4, 0.5) is 0 Å². The fourth-order valence-electron chi connectivity index (χ4n) is 3.26. The number of hydrogen-bond donors (Lipinski definition) is 2. The number of carbonyl (C=O) groups excluding carboxylic acids is 1. The summed E-state index contributed by atoms with van der Waals surface area (Å²) in [4.78, 5) is 12.5. The van der Waals surface area contributed by atoms with Gasteiger partial charge in [0.15, 0.2) is 5.69 Å². The Kier molecular flexibility index (Phi) is 5.30. The molecular formula is C19H26N4O. The van der Waals surface area contributed by atoms with Gasteiger partial charge in [0.25, 0.3) is 5.91 Å². The Labute approximate surface area is 143 Å². The summed E-state index contributed by atoms with van der Waals surface area (Å²) >= 11 is 0. The van der Waals surface area contributed by atoms with Crippen molar-refractivity contribution in [2.24, 2.45) is 0 Å². The first-order valence-corrected chi connectivity index (χ1v) is 8.87. The molecule has 1 aromatic heterocycles. The molecule has 1 aliphatic rings. The normalized spacial score (nSPS) is 13.1. The molecule has 1 aromatic carbocycles. The van der Waals surface area contributed by atoms with Gasteiger partial charge in [-0.2, -0.15) is 5.10 Å². The second-order valence-electron chi connectivity index (χ2n) is 6.27. The third kappa shape index (κ3) is 3.36. The SMILES string of the molecule is CCc1ccc(-n2nc(C(=O)NCCCNC)c3c2CCC3)cc1. The first-order chi connectivity index (χ1) is 11.7. The Bertz CT molecular complexity index is 703. The molecule has 3 rings (SSSR count). The summed E-state index contributed by atoms with van der Waals surface area (Å²) in [5.41, 5.74) is 5.27. The van der Waals surface area contributed by atoms with Crippen LogP contribution in [0.15, 0.2) is 24.3 Å². The minimum atomic E-state index is -0.0480. The number of nitrogens with one attached hydrogen (secondary N) is 2. The number of hydrogen-bond acceptors (Lipinski definition) is 3. The molecule has 0 saturated carbocycles. The van der Waals surface area contributed by atoms with Crippen molar-refractivity contribution >= 4 is 5.91 Å².